The summed E-state index contributed by atoms with van der Waals surface area (Å²) in [6.07, 6.45) is -4.79. The molecule has 12 heteroatoms. The minimum Gasteiger partial charge on any atom is -0.454 e. The molecule has 1 heterocycles. The van der Waals surface area contributed by atoms with Crippen LogP contribution in [-0.2, 0) is 27.0 Å². The van der Waals surface area contributed by atoms with Gasteiger partial charge in [0, 0.05) is 10.6 Å². The Hall–Kier alpha value is -3.60. The first-order chi connectivity index (χ1) is 14.6. The zero-order chi connectivity index (χ0) is 22.6. The number of hydrogen-bond donors (Lipinski definition) is 2. The van der Waals surface area contributed by atoms with Crippen molar-refractivity contribution in [2.45, 2.75) is 12.7 Å². The average molecular weight is 455 g/mol. The molecule has 0 aliphatic carbocycles. The highest BCUT2D eigenvalue weighted by molar-refractivity contribution is 6.30. The third-order valence-electron chi connectivity index (χ3n) is 3.98. The maximum Gasteiger partial charge on any atom is 0.449 e. The van der Waals surface area contributed by atoms with Crippen LogP contribution in [0.25, 0.3) is 11.0 Å². The van der Waals surface area contributed by atoms with E-state index in [0.29, 0.717) is 9.59 Å². The van der Waals surface area contributed by atoms with Gasteiger partial charge in [-0.25, -0.2) is 4.98 Å². The first-order valence-corrected chi connectivity index (χ1v) is 9.06. The fourth-order valence-corrected chi connectivity index (χ4v) is 2.73. The molecule has 3 aromatic rings. The van der Waals surface area contributed by atoms with Gasteiger partial charge in [-0.05, 0) is 36.4 Å². The molecule has 3 rings (SSSR count). The number of carbonyl (C=O) groups excluding carboxylic acids is 3. The van der Waals surface area contributed by atoms with Crippen LogP contribution in [0.3, 0.4) is 0 Å². The molecule has 2 amide bonds. The van der Waals surface area contributed by atoms with Crippen LogP contribution < -0.4 is 10.9 Å². The number of hydrogen-bond acceptors (Lipinski definition) is 5. The number of benzene rings is 2. The summed E-state index contributed by atoms with van der Waals surface area (Å²) in [5.41, 5.74) is 4.50. The van der Waals surface area contributed by atoms with Gasteiger partial charge in [-0.1, -0.05) is 23.7 Å². The lowest BCUT2D eigenvalue weighted by Gasteiger charge is -2.11. The fourth-order valence-electron chi connectivity index (χ4n) is 2.61. The molecule has 31 heavy (non-hydrogen) atoms. The number of hydrazine groups is 1. The Balaban J connectivity index is 1.56. The molecule has 0 atom stereocenters. The predicted octanol–water partition coefficient (Wildman–Crippen LogP) is 2.71. The van der Waals surface area contributed by atoms with Crippen LogP contribution in [0.2, 0.25) is 5.02 Å². The van der Waals surface area contributed by atoms with Crippen molar-refractivity contribution in [1.82, 2.24) is 20.4 Å². The number of alkyl halides is 3. The summed E-state index contributed by atoms with van der Waals surface area (Å²) in [7, 11) is 0. The van der Waals surface area contributed by atoms with Gasteiger partial charge in [0.25, 0.3) is 11.8 Å². The Morgan fingerprint density at radius 1 is 1.03 bits per heavy atom. The van der Waals surface area contributed by atoms with E-state index in [4.69, 9.17) is 16.3 Å². The normalized spacial score (nSPS) is 11.2. The van der Waals surface area contributed by atoms with Crippen LogP contribution in [-0.4, -0.2) is 33.9 Å². The van der Waals surface area contributed by atoms with Gasteiger partial charge in [0.2, 0.25) is 5.82 Å². The monoisotopic (exact) mass is 454 g/mol. The number of imidazole rings is 1. The molecule has 0 bridgehead atoms. The number of aromatic nitrogens is 2. The van der Waals surface area contributed by atoms with E-state index in [1.807, 2.05) is 5.43 Å². The minimum absolute atomic E-state index is 0.0604. The number of nitrogens with one attached hydrogen (secondary N) is 2. The maximum atomic E-state index is 13.2. The first-order valence-electron chi connectivity index (χ1n) is 8.68. The summed E-state index contributed by atoms with van der Waals surface area (Å²) in [6.45, 7) is -1.62. The van der Waals surface area contributed by atoms with Crippen LogP contribution >= 0.6 is 11.6 Å². The molecule has 1 aromatic heterocycles. The molecule has 0 radical (unpaired) electrons. The van der Waals surface area contributed by atoms with Gasteiger partial charge in [0.05, 0.1) is 11.0 Å². The summed E-state index contributed by atoms with van der Waals surface area (Å²) in [5, 5.41) is 0.423. The molecule has 0 saturated carbocycles. The van der Waals surface area contributed by atoms with Crippen molar-refractivity contribution in [3.63, 3.8) is 0 Å². The van der Waals surface area contributed by atoms with Gasteiger partial charge in [-0.15, -0.1) is 0 Å². The smallest absolute Gasteiger partial charge is 0.449 e. The van der Waals surface area contributed by atoms with E-state index in [0.717, 1.165) is 0 Å². The number of amides is 2. The molecular formula is C19H14ClF3N4O4. The quantitative estimate of drug-likeness (QED) is 0.456. The number of para-hydroxylation sites is 2. The van der Waals surface area contributed by atoms with Crippen LogP contribution in [0.4, 0.5) is 13.2 Å². The highest BCUT2D eigenvalue weighted by Gasteiger charge is 2.38. The van der Waals surface area contributed by atoms with Crippen LogP contribution in [0, 0.1) is 0 Å². The maximum absolute atomic E-state index is 13.2. The van der Waals surface area contributed by atoms with Crippen molar-refractivity contribution in [2.24, 2.45) is 0 Å². The van der Waals surface area contributed by atoms with Gasteiger partial charge >= 0.3 is 12.1 Å². The Morgan fingerprint density at radius 3 is 2.39 bits per heavy atom. The second kappa shape index (κ2) is 9.04. The molecule has 0 aliphatic rings. The van der Waals surface area contributed by atoms with Crippen molar-refractivity contribution in [3.8, 4) is 0 Å². The van der Waals surface area contributed by atoms with E-state index < -0.39 is 42.9 Å². The third-order valence-corrected chi connectivity index (χ3v) is 4.23. The van der Waals surface area contributed by atoms with E-state index in [9.17, 15) is 27.6 Å². The summed E-state index contributed by atoms with van der Waals surface area (Å²) >= 11 is 5.71. The molecule has 2 N–H and O–H groups in total. The zero-order valence-electron chi connectivity index (χ0n) is 15.6. The Morgan fingerprint density at radius 2 is 1.71 bits per heavy atom. The van der Waals surface area contributed by atoms with E-state index in [-0.39, 0.29) is 16.6 Å². The highest BCUT2D eigenvalue weighted by atomic mass is 35.5. The highest BCUT2D eigenvalue weighted by Crippen LogP contribution is 2.31. The van der Waals surface area contributed by atoms with Gasteiger partial charge in [-0.3, -0.25) is 25.2 Å². The van der Waals surface area contributed by atoms with Crippen molar-refractivity contribution >= 4 is 40.4 Å². The average Bonchev–Trinajstić information content (AvgIpc) is 3.10. The molecule has 0 aliphatic heterocycles. The van der Waals surface area contributed by atoms with E-state index in [1.54, 1.807) is 0 Å². The van der Waals surface area contributed by atoms with Crippen LogP contribution in [0.5, 0.6) is 0 Å². The number of rotatable bonds is 5. The van der Waals surface area contributed by atoms with E-state index in [2.05, 4.69) is 10.4 Å². The minimum atomic E-state index is -4.79. The number of nitrogens with zero attached hydrogens (tertiary/aromatic N) is 2. The lowest BCUT2D eigenvalue weighted by atomic mass is 10.2. The number of fused-ring (bicyclic) bond motifs is 1. The third kappa shape index (κ3) is 5.51. The topological polar surface area (TPSA) is 102 Å². The summed E-state index contributed by atoms with van der Waals surface area (Å²) in [4.78, 5) is 39.1. The van der Waals surface area contributed by atoms with Crippen molar-refractivity contribution in [1.29, 1.82) is 0 Å². The summed E-state index contributed by atoms with van der Waals surface area (Å²) in [6, 6.07) is 11.6. The lowest BCUT2D eigenvalue weighted by molar-refractivity contribution is -0.153. The SMILES string of the molecule is O=C(COC(=O)Cn1c(C(F)(F)F)nc2ccccc21)NNC(=O)c1ccc(Cl)cc1. The molecular weight excluding hydrogens is 441 g/mol. The largest absolute Gasteiger partial charge is 0.454 e. The molecule has 0 unspecified atom stereocenters. The molecule has 162 valence electrons. The second-order valence-electron chi connectivity index (χ2n) is 6.18. The van der Waals surface area contributed by atoms with E-state index in [1.165, 1.54) is 48.5 Å². The van der Waals surface area contributed by atoms with Crippen molar-refractivity contribution in [2.75, 3.05) is 6.61 Å². The van der Waals surface area contributed by atoms with E-state index >= 15 is 0 Å². The summed E-state index contributed by atoms with van der Waals surface area (Å²) < 4.78 is 45.1. The lowest BCUT2D eigenvalue weighted by Crippen LogP contribution is -2.43. The molecule has 0 spiro atoms. The Bertz CT molecular complexity index is 1130. The number of carbonyl (C=O) groups is 3. The molecule has 8 nitrogen and oxygen atoms in total. The number of ether oxygens (including phenoxy) is 1. The first kappa shape index (κ1) is 22.1. The molecule has 2 aromatic carbocycles. The van der Waals surface area contributed by atoms with Crippen molar-refractivity contribution < 1.29 is 32.3 Å². The van der Waals surface area contributed by atoms with Crippen LogP contribution in [0.15, 0.2) is 48.5 Å². The predicted molar refractivity (Wildman–Crippen MR) is 103 cm³/mol. The van der Waals surface area contributed by atoms with Gasteiger partial charge < -0.3 is 9.30 Å². The van der Waals surface area contributed by atoms with Gasteiger partial charge in [0.1, 0.15) is 6.54 Å². The second-order valence-corrected chi connectivity index (χ2v) is 6.61. The van der Waals surface area contributed by atoms with Crippen molar-refractivity contribution in [3.05, 3.63) is 64.9 Å². The van der Waals surface area contributed by atoms with Gasteiger partial charge in [0.15, 0.2) is 6.61 Å². The number of esters is 1. The Kier molecular flexibility index (Phi) is 6.44. The molecule has 0 fully saturated rings. The number of halogens is 4. The van der Waals surface area contributed by atoms with Gasteiger partial charge in [-0.2, -0.15) is 13.2 Å². The zero-order valence-corrected chi connectivity index (χ0v) is 16.3. The van der Waals surface area contributed by atoms with Crippen LogP contribution in [0.1, 0.15) is 16.2 Å². The fraction of sp³-hybridized carbons (Fsp3) is 0.158. The summed E-state index contributed by atoms with van der Waals surface area (Å²) in [5.74, 6) is -3.88. The molecule has 0 saturated heterocycles. The Labute approximate surface area is 177 Å². The standard InChI is InChI=1S/C19H14ClF3N4O4/c20-12-7-5-11(6-8-12)17(30)26-25-15(28)10-31-16(29)9-27-14-4-2-1-3-13(14)24-18(27)19(21,22)23/h1-8H,9-10H2,(H,25,28)(H,26,30).